The second kappa shape index (κ2) is 6.45. The summed E-state index contributed by atoms with van der Waals surface area (Å²) in [5, 5.41) is 11.6. The van der Waals surface area contributed by atoms with Crippen LogP contribution in [0.1, 0.15) is 32.6 Å². The van der Waals surface area contributed by atoms with Crippen molar-refractivity contribution in [3.63, 3.8) is 0 Å². The van der Waals surface area contributed by atoms with Crippen molar-refractivity contribution in [1.29, 1.82) is 0 Å². The van der Waals surface area contributed by atoms with Crippen molar-refractivity contribution >= 4 is 6.03 Å². The van der Waals surface area contributed by atoms with Crippen molar-refractivity contribution in [3.8, 4) is 0 Å². The van der Waals surface area contributed by atoms with Crippen LogP contribution >= 0.6 is 0 Å². The molecule has 0 aromatic carbocycles. The highest BCUT2D eigenvalue weighted by Gasteiger charge is 2.34. The third-order valence-electron chi connectivity index (χ3n) is 3.88. The van der Waals surface area contributed by atoms with Crippen LogP contribution in [0.3, 0.4) is 0 Å². The van der Waals surface area contributed by atoms with Gasteiger partial charge >= 0.3 is 12.2 Å². The Kier molecular flexibility index (Phi) is 5.46. The maximum atomic E-state index is 11.9. The number of carbonyl (C=O) groups excluding carboxylic acids is 1. The van der Waals surface area contributed by atoms with E-state index < -0.39 is 25.2 Å². The Morgan fingerprint density at radius 2 is 1.95 bits per heavy atom. The first-order valence-corrected chi connectivity index (χ1v) is 6.52. The van der Waals surface area contributed by atoms with Crippen LogP contribution in [-0.2, 0) is 0 Å². The molecule has 1 saturated heterocycles. The van der Waals surface area contributed by atoms with Crippen LogP contribution in [0.4, 0.5) is 18.0 Å². The standard InChI is InChI=1S/C12H21F3N2O2/c1-2-11(9-18)4-7-17(8-5-11)10(19)16-6-3-12(13,14)15/h18H,2-9H2,1H3,(H,16,19). The maximum absolute atomic E-state index is 11.9. The average Bonchev–Trinajstić information content (AvgIpc) is 2.37. The fraction of sp³-hybridized carbons (Fsp3) is 0.917. The van der Waals surface area contributed by atoms with Gasteiger partial charge < -0.3 is 15.3 Å². The highest BCUT2D eigenvalue weighted by Crippen LogP contribution is 2.34. The molecule has 19 heavy (non-hydrogen) atoms. The largest absolute Gasteiger partial charge is 0.396 e. The van der Waals surface area contributed by atoms with Gasteiger partial charge in [0.1, 0.15) is 0 Å². The lowest BCUT2D eigenvalue weighted by Gasteiger charge is -2.40. The second-order valence-corrected chi connectivity index (χ2v) is 5.10. The molecule has 1 aliphatic heterocycles. The van der Waals surface area contributed by atoms with Gasteiger partial charge in [-0.3, -0.25) is 0 Å². The molecule has 0 aromatic heterocycles. The number of carbonyl (C=O) groups is 1. The fourth-order valence-electron chi connectivity index (χ4n) is 2.23. The van der Waals surface area contributed by atoms with E-state index in [0.717, 1.165) is 6.42 Å². The van der Waals surface area contributed by atoms with E-state index in [2.05, 4.69) is 5.32 Å². The second-order valence-electron chi connectivity index (χ2n) is 5.10. The molecule has 0 aromatic rings. The number of aliphatic hydroxyl groups excluding tert-OH is 1. The number of hydrogen-bond donors (Lipinski definition) is 2. The summed E-state index contributed by atoms with van der Waals surface area (Å²) >= 11 is 0. The molecule has 0 bridgehead atoms. The van der Waals surface area contributed by atoms with Crippen LogP contribution in [-0.4, -0.2) is 48.5 Å². The van der Waals surface area contributed by atoms with Crippen molar-refractivity contribution in [1.82, 2.24) is 10.2 Å². The van der Waals surface area contributed by atoms with Gasteiger partial charge in [-0.2, -0.15) is 13.2 Å². The zero-order valence-corrected chi connectivity index (χ0v) is 11.1. The molecule has 1 heterocycles. The number of piperidine rings is 1. The van der Waals surface area contributed by atoms with Crippen LogP contribution in [0, 0.1) is 5.41 Å². The van der Waals surface area contributed by atoms with E-state index in [-0.39, 0.29) is 12.0 Å². The van der Waals surface area contributed by atoms with Crippen molar-refractivity contribution in [3.05, 3.63) is 0 Å². The summed E-state index contributed by atoms with van der Waals surface area (Å²) in [5.41, 5.74) is -0.136. The third-order valence-corrected chi connectivity index (χ3v) is 3.88. The number of likely N-dealkylation sites (tertiary alicyclic amines) is 1. The van der Waals surface area contributed by atoms with E-state index in [1.54, 1.807) is 0 Å². The fourth-order valence-corrected chi connectivity index (χ4v) is 2.23. The van der Waals surface area contributed by atoms with Crippen LogP contribution < -0.4 is 5.32 Å². The molecule has 7 heteroatoms. The van der Waals surface area contributed by atoms with E-state index in [1.807, 2.05) is 6.92 Å². The molecule has 112 valence electrons. The molecule has 2 amide bonds. The van der Waals surface area contributed by atoms with E-state index >= 15 is 0 Å². The summed E-state index contributed by atoms with van der Waals surface area (Å²) in [6, 6.07) is -0.452. The SMILES string of the molecule is CCC1(CO)CCN(C(=O)NCCC(F)(F)F)CC1. The minimum atomic E-state index is -4.25. The van der Waals surface area contributed by atoms with Crippen LogP contribution in [0.15, 0.2) is 0 Å². The molecular formula is C12H21F3N2O2. The zero-order chi connectivity index (χ0) is 14.5. The van der Waals surface area contributed by atoms with Gasteiger partial charge in [0.05, 0.1) is 6.42 Å². The number of nitrogens with zero attached hydrogens (tertiary/aromatic N) is 1. The summed E-state index contributed by atoms with van der Waals surface area (Å²) < 4.78 is 35.8. The smallest absolute Gasteiger partial charge is 0.390 e. The van der Waals surface area contributed by atoms with Gasteiger partial charge in [-0.15, -0.1) is 0 Å². The summed E-state index contributed by atoms with van der Waals surface area (Å²) in [4.78, 5) is 13.2. The summed E-state index contributed by atoms with van der Waals surface area (Å²) in [5.74, 6) is 0. The highest BCUT2D eigenvalue weighted by atomic mass is 19.4. The van der Waals surface area contributed by atoms with Gasteiger partial charge in [-0.05, 0) is 24.7 Å². The van der Waals surface area contributed by atoms with Crippen molar-refractivity contribution in [2.75, 3.05) is 26.2 Å². The lowest BCUT2D eigenvalue weighted by Crippen LogP contribution is -2.48. The molecular weight excluding hydrogens is 261 g/mol. The van der Waals surface area contributed by atoms with Crippen molar-refractivity contribution in [2.45, 2.75) is 38.8 Å². The van der Waals surface area contributed by atoms with Gasteiger partial charge in [0, 0.05) is 26.2 Å². The minimum absolute atomic E-state index is 0.0903. The van der Waals surface area contributed by atoms with E-state index in [1.165, 1.54) is 4.90 Å². The molecule has 1 aliphatic rings. The monoisotopic (exact) mass is 282 g/mol. The van der Waals surface area contributed by atoms with Gasteiger partial charge in [0.2, 0.25) is 0 Å². The van der Waals surface area contributed by atoms with Gasteiger partial charge in [0.25, 0.3) is 0 Å². The first-order chi connectivity index (χ1) is 8.82. The number of amides is 2. The minimum Gasteiger partial charge on any atom is -0.396 e. The number of rotatable bonds is 4. The molecule has 1 rings (SSSR count). The molecule has 0 radical (unpaired) electrons. The van der Waals surface area contributed by atoms with E-state index in [4.69, 9.17) is 0 Å². The lowest BCUT2D eigenvalue weighted by molar-refractivity contribution is -0.133. The number of hydrogen-bond acceptors (Lipinski definition) is 2. The summed E-state index contributed by atoms with van der Waals surface area (Å²) in [6.07, 6.45) is -3.04. The first kappa shape index (κ1) is 16.1. The maximum Gasteiger partial charge on any atom is 0.390 e. The van der Waals surface area contributed by atoms with Crippen LogP contribution in [0.25, 0.3) is 0 Å². The number of halogens is 3. The van der Waals surface area contributed by atoms with Crippen LogP contribution in [0.2, 0.25) is 0 Å². The third kappa shape index (κ3) is 4.89. The number of urea groups is 1. The predicted octanol–water partition coefficient (Wildman–Crippen LogP) is 2.13. The molecule has 0 saturated carbocycles. The molecule has 0 spiro atoms. The van der Waals surface area contributed by atoms with Gasteiger partial charge in [-0.25, -0.2) is 4.79 Å². The van der Waals surface area contributed by atoms with E-state index in [9.17, 15) is 23.1 Å². The normalized spacial score (nSPS) is 19.3. The van der Waals surface area contributed by atoms with Crippen molar-refractivity contribution < 1.29 is 23.1 Å². The lowest BCUT2D eigenvalue weighted by atomic mass is 9.77. The summed E-state index contributed by atoms with van der Waals surface area (Å²) in [7, 11) is 0. The topological polar surface area (TPSA) is 52.6 Å². The number of nitrogens with one attached hydrogen (secondary N) is 1. The highest BCUT2D eigenvalue weighted by molar-refractivity contribution is 5.74. The van der Waals surface area contributed by atoms with Gasteiger partial charge in [0.15, 0.2) is 0 Å². The molecule has 0 atom stereocenters. The average molecular weight is 282 g/mol. The molecule has 2 N–H and O–H groups in total. The predicted molar refractivity (Wildman–Crippen MR) is 64.7 cm³/mol. The Labute approximate surface area is 111 Å². The Morgan fingerprint density at radius 1 is 1.37 bits per heavy atom. The molecule has 0 unspecified atom stereocenters. The van der Waals surface area contributed by atoms with Crippen LogP contribution in [0.5, 0.6) is 0 Å². The first-order valence-electron chi connectivity index (χ1n) is 6.52. The Bertz CT molecular complexity index is 294. The van der Waals surface area contributed by atoms with E-state index in [0.29, 0.717) is 25.9 Å². The molecule has 0 aliphatic carbocycles. The number of aliphatic hydroxyl groups is 1. The van der Waals surface area contributed by atoms with Crippen molar-refractivity contribution in [2.24, 2.45) is 5.41 Å². The molecule has 1 fully saturated rings. The Hall–Kier alpha value is -0.980. The quantitative estimate of drug-likeness (QED) is 0.830. The molecule has 4 nitrogen and oxygen atoms in total. The number of alkyl halides is 3. The Morgan fingerprint density at radius 3 is 2.37 bits per heavy atom. The van der Waals surface area contributed by atoms with Gasteiger partial charge in [-0.1, -0.05) is 6.92 Å². The Balaban J connectivity index is 2.33. The zero-order valence-electron chi connectivity index (χ0n) is 11.1. The summed E-state index contributed by atoms with van der Waals surface area (Å²) in [6.45, 7) is 2.65.